The van der Waals surface area contributed by atoms with Crippen LogP contribution in [0.15, 0.2) is 91.0 Å². The third-order valence-corrected chi connectivity index (χ3v) is 8.20. The lowest BCUT2D eigenvalue weighted by atomic mass is 9.82. The van der Waals surface area contributed by atoms with Crippen molar-refractivity contribution < 1.29 is 0 Å². The van der Waals surface area contributed by atoms with Crippen LogP contribution in [-0.2, 0) is 5.41 Å². The average molecular weight is 416 g/mol. The first-order valence-electron chi connectivity index (χ1n) is 10.8. The molecule has 0 radical (unpaired) electrons. The van der Waals surface area contributed by atoms with Gasteiger partial charge in [0, 0.05) is 26.6 Å². The summed E-state index contributed by atoms with van der Waals surface area (Å²) in [5.41, 5.74) is 9.45. The predicted octanol–water partition coefficient (Wildman–Crippen LogP) is 8.30. The molecule has 0 amide bonds. The van der Waals surface area contributed by atoms with E-state index in [9.17, 15) is 0 Å². The molecule has 1 nitrogen and oxygen atoms in total. The van der Waals surface area contributed by atoms with Crippen LogP contribution in [-0.4, -0.2) is 4.57 Å². The molecule has 0 bridgehead atoms. The standard InChI is InChI=1S/C29H21NS/c1-29(2)23-12-6-3-9-19(23)22-17-18(15-16-24(22)29)30-25-13-7-4-10-20(25)28-27(30)21-11-5-8-14-26(21)31-28/h3-17H,1-2H3. The summed E-state index contributed by atoms with van der Waals surface area (Å²) in [4.78, 5) is 0. The van der Waals surface area contributed by atoms with Crippen molar-refractivity contribution in [3.05, 3.63) is 102 Å². The Kier molecular flexibility index (Phi) is 3.28. The van der Waals surface area contributed by atoms with Crippen LogP contribution in [0.3, 0.4) is 0 Å². The molecule has 31 heavy (non-hydrogen) atoms. The smallest absolute Gasteiger partial charge is 0.0727 e. The summed E-state index contributed by atoms with van der Waals surface area (Å²) in [6.07, 6.45) is 0. The summed E-state index contributed by atoms with van der Waals surface area (Å²) in [5, 5.41) is 2.67. The van der Waals surface area contributed by atoms with E-state index in [2.05, 4.69) is 109 Å². The highest BCUT2D eigenvalue weighted by molar-refractivity contribution is 7.26. The predicted molar refractivity (Wildman–Crippen MR) is 134 cm³/mol. The minimum absolute atomic E-state index is 0.0353. The van der Waals surface area contributed by atoms with Crippen LogP contribution >= 0.6 is 11.3 Å². The van der Waals surface area contributed by atoms with Gasteiger partial charge in [-0.3, -0.25) is 0 Å². The van der Waals surface area contributed by atoms with Gasteiger partial charge < -0.3 is 4.57 Å². The fourth-order valence-electron chi connectivity index (χ4n) is 5.53. The molecule has 2 heteroatoms. The highest BCUT2D eigenvalue weighted by Gasteiger charge is 2.35. The molecule has 0 unspecified atom stereocenters. The monoisotopic (exact) mass is 415 g/mol. The number of nitrogens with zero attached hydrogens (tertiary/aromatic N) is 1. The molecular weight excluding hydrogens is 394 g/mol. The van der Waals surface area contributed by atoms with Crippen molar-refractivity contribution in [3.63, 3.8) is 0 Å². The van der Waals surface area contributed by atoms with Crippen LogP contribution in [0.25, 0.3) is 48.0 Å². The van der Waals surface area contributed by atoms with E-state index < -0.39 is 0 Å². The van der Waals surface area contributed by atoms with Gasteiger partial charge in [0.05, 0.1) is 15.7 Å². The number of aromatic nitrogens is 1. The molecule has 0 spiro atoms. The van der Waals surface area contributed by atoms with E-state index in [0.717, 1.165) is 0 Å². The third-order valence-electron chi connectivity index (χ3n) is 7.01. The number of hydrogen-bond acceptors (Lipinski definition) is 1. The molecule has 6 aromatic rings. The quantitative estimate of drug-likeness (QED) is 0.254. The number of thiophene rings is 1. The minimum Gasteiger partial charge on any atom is -0.308 e. The first-order valence-corrected chi connectivity index (χ1v) is 11.6. The van der Waals surface area contributed by atoms with Gasteiger partial charge in [-0.05, 0) is 46.5 Å². The molecule has 0 saturated carbocycles. The van der Waals surface area contributed by atoms with E-state index in [1.807, 2.05) is 11.3 Å². The second-order valence-electron chi connectivity index (χ2n) is 9.03. The number of para-hydroxylation sites is 1. The molecule has 2 aromatic heterocycles. The summed E-state index contributed by atoms with van der Waals surface area (Å²) < 4.78 is 5.19. The van der Waals surface area contributed by atoms with Crippen molar-refractivity contribution in [1.29, 1.82) is 0 Å². The molecule has 4 aromatic carbocycles. The van der Waals surface area contributed by atoms with Crippen LogP contribution in [0, 0.1) is 0 Å². The van der Waals surface area contributed by atoms with Gasteiger partial charge in [0.15, 0.2) is 0 Å². The maximum absolute atomic E-state index is 2.47. The van der Waals surface area contributed by atoms with Gasteiger partial charge in [0.2, 0.25) is 0 Å². The van der Waals surface area contributed by atoms with Crippen LogP contribution < -0.4 is 0 Å². The van der Waals surface area contributed by atoms with Crippen molar-refractivity contribution in [2.45, 2.75) is 19.3 Å². The van der Waals surface area contributed by atoms with Gasteiger partial charge in [0.25, 0.3) is 0 Å². The van der Waals surface area contributed by atoms with Crippen LogP contribution in [0.1, 0.15) is 25.0 Å². The largest absolute Gasteiger partial charge is 0.308 e. The molecule has 7 rings (SSSR count). The lowest BCUT2D eigenvalue weighted by molar-refractivity contribution is 0.660. The Hall–Kier alpha value is -3.36. The number of fused-ring (bicyclic) bond motifs is 8. The lowest BCUT2D eigenvalue weighted by Gasteiger charge is -2.21. The number of rotatable bonds is 1. The normalized spacial score (nSPS) is 14.4. The number of benzene rings is 4. The van der Waals surface area contributed by atoms with Crippen molar-refractivity contribution in [1.82, 2.24) is 4.57 Å². The van der Waals surface area contributed by atoms with Crippen molar-refractivity contribution in [2.75, 3.05) is 0 Å². The van der Waals surface area contributed by atoms with Gasteiger partial charge in [-0.1, -0.05) is 80.6 Å². The molecule has 0 N–H and O–H groups in total. The number of hydrogen-bond donors (Lipinski definition) is 0. The Morgan fingerprint density at radius 2 is 1.39 bits per heavy atom. The topological polar surface area (TPSA) is 4.93 Å². The first kappa shape index (κ1) is 17.3. The van der Waals surface area contributed by atoms with Crippen molar-refractivity contribution >= 4 is 42.5 Å². The van der Waals surface area contributed by atoms with Crippen molar-refractivity contribution in [2.24, 2.45) is 0 Å². The van der Waals surface area contributed by atoms with Crippen molar-refractivity contribution in [3.8, 4) is 16.8 Å². The molecule has 1 aliphatic carbocycles. The van der Waals surface area contributed by atoms with E-state index in [1.54, 1.807) is 0 Å². The molecule has 0 fully saturated rings. The van der Waals surface area contributed by atoms with E-state index in [0.29, 0.717) is 0 Å². The third kappa shape index (κ3) is 2.15. The Bertz CT molecular complexity index is 1660. The van der Waals surface area contributed by atoms with E-state index in [1.165, 1.54) is 59.1 Å². The molecule has 0 atom stereocenters. The van der Waals surface area contributed by atoms with Gasteiger partial charge in [0.1, 0.15) is 0 Å². The summed E-state index contributed by atoms with van der Waals surface area (Å²) in [6, 6.07) is 33.5. The van der Waals surface area contributed by atoms with Gasteiger partial charge >= 0.3 is 0 Å². The zero-order chi connectivity index (χ0) is 20.7. The van der Waals surface area contributed by atoms with Gasteiger partial charge in [-0.15, -0.1) is 11.3 Å². The fourth-order valence-corrected chi connectivity index (χ4v) is 6.75. The Morgan fingerprint density at radius 3 is 2.29 bits per heavy atom. The summed E-state index contributed by atoms with van der Waals surface area (Å²) >= 11 is 1.90. The van der Waals surface area contributed by atoms with Crippen LogP contribution in [0.5, 0.6) is 0 Å². The molecule has 1 aliphatic rings. The summed E-state index contributed by atoms with van der Waals surface area (Å²) in [5.74, 6) is 0. The molecule has 0 saturated heterocycles. The fraction of sp³-hybridized carbons (Fsp3) is 0.103. The van der Waals surface area contributed by atoms with E-state index in [4.69, 9.17) is 0 Å². The highest BCUT2D eigenvalue weighted by atomic mass is 32.1. The SMILES string of the molecule is CC1(C)c2ccccc2-c2cc(-n3c4ccccc4c4sc5ccccc5c43)ccc21. The van der Waals surface area contributed by atoms with Gasteiger partial charge in [-0.2, -0.15) is 0 Å². The maximum atomic E-state index is 2.47. The molecule has 148 valence electrons. The lowest BCUT2D eigenvalue weighted by Crippen LogP contribution is -2.14. The summed E-state index contributed by atoms with van der Waals surface area (Å²) in [6.45, 7) is 4.68. The van der Waals surface area contributed by atoms with Crippen LogP contribution in [0.4, 0.5) is 0 Å². The Labute approximate surface area is 185 Å². The summed E-state index contributed by atoms with van der Waals surface area (Å²) in [7, 11) is 0. The van der Waals surface area contributed by atoms with Crippen LogP contribution in [0.2, 0.25) is 0 Å². The average Bonchev–Trinajstić information content (AvgIpc) is 3.40. The van der Waals surface area contributed by atoms with E-state index >= 15 is 0 Å². The highest BCUT2D eigenvalue weighted by Crippen LogP contribution is 2.50. The molecular formula is C29H21NS. The Balaban J connectivity index is 1.61. The molecule has 2 heterocycles. The second-order valence-corrected chi connectivity index (χ2v) is 10.1. The van der Waals surface area contributed by atoms with Gasteiger partial charge in [-0.25, -0.2) is 0 Å². The second kappa shape index (κ2) is 5.87. The van der Waals surface area contributed by atoms with E-state index in [-0.39, 0.29) is 5.41 Å². The first-order chi connectivity index (χ1) is 15.1. The minimum atomic E-state index is 0.0353. The zero-order valence-corrected chi connectivity index (χ0v) is 18.3. The Morgan fingerprint density at radius 1 is 0.677 bits per heavy atom. The molecule has 0 aliphatic heterocycles. The maximum Gasteiger partial charge on any atom is 0.0727 e. The zero-order valence-electron chi connectivity index (χ0n) is 17.5.